The Morgan fingerprint density at radius 1 is 1.16 bits per heavy atom. The Morgan fingerprint density at radius 2 is 1.92 bits per heavy atom. The Balaban J connectivity index is 1.86. The van der Waals surface area contributed by atoms with E-state index in [2.05, 4.69) is 10.3 Å². The van der Waals surface area contributed by atoms with Crippen LogP contribution in [-0.2, 0) is 10.0 Å². The van der Waals surface area contributed by atoms with E-state index in [9.17, 15) is 13.2 Å². The van der Waals surface area contributed by atoms with Crippen LogP contribution < -0.4 is 5.32 Å². The number of hydrogen-bond donors (Lipinski definition) is 1. The minimum absolute atomic E-state index is 0.0139. The van der Waals surface area contributed by atoms with E-state index in [0.29, 0.717) is 24.3 Å². The summed E-state index contributed by atoms with van der Waals surface area (Å²) < 4.78 is 27.1. The number of aromatic nitrogens is 1. The topological polar surface area (TPSA) is 79.4 Å². The van der Waals surface area contributed by atoms with E-state index < -0.39 is 10.0 Å². The SMILES string of the molecule is O=C(Nc1ccc(Cl)c(S(=O)(=O)N2CCCCC2)c1)c1cccnc1. The average Bonchev–Trinajstić information content (AvgIpc) is 2.64. The number of nitrogens with one attached hydrogen (secondary N) is 1. The lowest BCUT2D eigenvalue weighted by Gasteiger charge is -2.26. The predicted octanol–water partition coefficient (Wildman–Crippen LogP) is 3.16. The molecule has 1 fully saturated rings. The van der Waals surface area contributed by atoms with Crippen LogP contribution >= 0.6 is 11.6 Å². The minimum atomic E-state index is -3.68. The van der Waals surface area contributed by atoms with Crippen molar-refractivity contribution in [2.75, 3.05) is 18.4 Å². The molecule has 0 radical (unpaired) electrons. The van der Waals surface area contributed by atoms with Gasteiger partial charge in [0.25, 0.3) is 5.91 Å². The molecule has 8 heteroatoms. The monoisotopic (exact) mass is 379 g/mol. The first-order valence-electron chi connectivity index (χ1n) is 7.99. The summed E-state index contributed by atoms with van der Waals surface area (Å²) in [5.41, 5.74) is 0.756. The van der Waals surface area contributed by atoms with Gasteiger partial charge in [-0.3, -0.25) is 9.78 Å². The molecule has 25 heavy (non-hydrogen) atoms. The van der Waals surface area contributed by atoms with Gasteiger partial charge < -0.3 is 5.32 Å². The summed E-state index contributed by atoms with van der Waals surface area (Å²) in [6.07, 6.45) is 5.72. The maximum absolute atomic E-state index is 12.8. The molecule has 2 heterocycles. The number of carbonyl (C=O) groups excluding carboxylic acids is 1. The molecule has 1 aliphatic rings. The number of hydrogen-bond acceptors (Lipinski definition) is 4. The molecule has 0 saturated carbocycles. The van der Waals surface area contributed by atoms with Crippen LogP contribution in [0.3, 0.4) is 0 Å². The fourth-order valence-electron chi connectivity index (χ4n) is 2.72. The summed E-state index contributed by atoms with van der Waals surface area (Å²) in [6, 6.07) is 7.75. The zero-order valence-electron chi connectivity index (χ0n) is 13.5. The van der Waals surface area contributed by atoms with Crippen LogP contribution in [-0.4, -0.2) is 36.7 Å². The van der Waals surface area contributed by atoms with Gasteiger partial charge in [0, 0.05) is 31.2 Å². The number of carbonyl (C=O) groups is 1. The molecule has 1 amide bonds. The quantitative estimate of drug-likeness (QED) is 0.884. The average molecular weight is 380 g/mol. The molecule has 1 N–H and O–H groups in total. The molecular formula is C17H18ClN3O3S. The highest BCUT2D eigenvalue weighted by molar-refractivity contribution is 7.89. The van der Waals surface area contributed by atoms with Gasteiger partial charge in [-0.05, 0) is 43.2 Å². The number of pyridine rings is 1. The van der Waals surface area contributed by atoms with Crippen LogP contribution in [0.15, 0.2) is 47.6 Å². The number of anilines is 1. The maximum atomic E-state index is 12.8. The van der Waals surface area contributed by atoms with Crippen molar-refractivity contribution in [3.63, 3.8) is 0 Å². The molecule has 1 aromatic carbocycles. The Bertz CT molecular complexity index is 866. The third-order valence-corrected chi connectivity index (χ3v) is 6.43. The third kappa shape index (κ3) is 4.00. The standard InChI is InChI=1S/C17H18ClN3O3S/c18-15-7-6-14(20-17(22)13-5-4-8-19-12-13)11-16(15)25(23,24)21-9-2-1-3-10-21/h4-8,11-12H,1-3,9-10H2,(H,20,22). The van der Waals surface area contributed by atoms with Gasteiger partial charge in [-0.2, -0.15) is 4.31 Å². The first kappa shape index (κ1) is 17.8. The summed E-state index contributed by atoms with van der Waals surface area (Å²) in [5.74, 6) is -0.364. The van der Waals surface area contributed by atoms with Crippen molar-refractivity contribution in [2.24, 2.45) is 0 Å². The van der Waals surface area contributed by atoms with Crippen molar-refractivity contribution in [3.05, 3.63) is 53.3 Å². The zero-order chi connectivity index (χ0) is 17.9. The summed E-state index contributed by atoms with van der Waals surface area (Å²) in [5, 5.41) is 2.82. The molecule has 3 rings (SSSR count). The summed E-state index contributed by atoms with van der Waals surface area (Å²) >= 11 is 6.12. The van der Waals surface area contributed by atoms with Crippen molar-refractivity contribution in [1.29, 1.82) is 0 Å². The van der Waals surface area contributed by atoms with E-state index in [1.165, 1.54) is 22.6 Å². The van der Waals surface area contributed by atoms with Crippen molar-refractivity contribution >= 4 is 33.2 Å². The number of piperidine rings is 1. The van der Waals surface area contributed by atoms with Gasteiger partial charge in [0.2, 0.25) is 10.0 Å². The van der Waals surface area contributed by atoms with E-state index in [1.54, 1.807) is 24.4 Å². The van der Waals surface area contributed by atoms with Crippen molar-refractivity contribution in [2.45, 2.75) is 24.2 Å². The van der Waals surface area contributed by atoms with E-state index in [4.69, 9.17) is 11.6 Å². The molecule has 0 spiro atoms. The van der Waals surface area contributed by atoms with Crippen molar-refractivity contribution in [3.8, 4) is 0 Å². The van der Waals surface area contributed by atoms with E-state index >= 15 is 0 Å². The van der Waals surface area contributed by atoms with Crippen LogP contribution in [0.1, 0.15) is 29.6 Å². The molecule has 1 aromatic heterocycles. The number of halogens is 1. The molecule has 0 bridgehead atoms. The van der Waals surface area contributed by atoms with Crippen molar-refractivity contribution < 1.29 is 13.2 Å². The Labute approximate surface area is 151 Å². The molecule has 2 aromatic rings. The predicted molar refractivity (Wildman–Crippen MR) is 96.3 cm³/mol. The van der Waals surface area contributed by atoms with Gasteiger partial charge in [0.1, 0.15) is 4.90 Å². The Hall–Kier alpha value is -1.96. The fourth-order valence-corrected chi connectivity index (χ4v) is 4.74. The molecule has 0 unspecified atom stereocenters. The number of rotatable bonds is 4. The first-order chi connectivity index (χ1) is 12.0. The lowest BCUT2D eigenvalue weighted by Crippen LogP contribution is -2.35. The van der Waals surface area contributed by atoms with Gasteiger partial charge in [-0.15, -0.1) is 0 Å². The number of benzene rings is 1. The highest BCUT2D eigenvalue weighted by Gasteiger charge is 2.28. The molecule has 0 atom stereocenters. The minimum Gasteiger partial charge on any atom is -0.322 e. The van der Waals surface area contributed by atoms with Gasteiger partial charge in [0.05, 0.1) is 10.6 Å². The number of amides is 1. The lowest BCUT2D eigenvalue weighted by atomic mass is 10.2. The maximum Gasteiger partial charge on any atom is 0.257 e. The molecule has 0 aliphatic carbocycles. The third-order valence-electron chi connectivity index (χ3n) is 4.05. The van der Waals surface area contributed by atoms with E-state index in [-0.39, 0.29) is 15.8 Å². The smallest absolute Gasteiger partial charge is 0.257 e. The van der Waals surface area contributed by atoms with Gasteiger partial charge in [-0.1, -0.05) is 18.0 Å². The summed E-state index contributed by atoms with van der Waals surface area (Å²) in [7, 11) is -3.68. The van der Waals surface area contributed by atoms with Crippen LogP contribution in [0.5, 0.6) is 0 Å². The van der Waals surface area contributed by atoms with Gasteiger partial charge in [0.15, 0.2) is 0 Å². The van der Waals surface area contributed by atoms with Crippen LogP contribution in [0.4, 0.5) is 5.69 Å². The fraction of sp³-hybridized carbons (Fsp3) is 0.294. The zero-order valence-corrected chi connectivity index (χ0v) is 15.1. The van der Waals surface area contributed by atoms with Crippen LogP contribution in [0, 0.1) is 0 Å². The van der Waals surface area contributed by atoms with E-state index in [0.717, 1.165) is 19.3 Å². The Morgan fingerprint density at radius 3 is 2.60 bits per heavy atom. The van der Waals surface area contributed by atoms with Crippen molar-refractivity contribution in [1.82, 2.24) is 9.29 Å². The normalized spacial score (nSPS) is 15.7. The highest BCUT2D eigenvalue weighted by Crippen LogP contribution is 2.29. The first-order valence-corrected chi connectivity index (χ1v) is 9.81. The van der Waals surface area contributed by atoms with Crippen LogP contribution in [0.2, 0.25) is 5.02 Å². The van der Waals surface area contributed by atoms with E-state index in [1.807, 2.05) is 0 Å². The molecular weight excluding hydrogens is 362 g/mol. The largest absolute Gasteiger partial charge is 0.322 e. The molecule has 1 aliphatic heterocycles. The second kappa shape index (κ2) is 7.51. The summed E-state index contributed by atoms with van der Waals surface area (Å²) in [4.78, 5) is 16.1. The molecule has 1 saturated heterocycles. The number of nitrogens with zero attached hydrogens (tertiary/aromatic N) is 2. The number of sulfonamides is 1. The molecule has 6 nitrogen and oxygen atoms in total. The Kier molecular flexibility index (Phi) is 5.36. The molecule has 132 valence electrons. The van der Waals surface area contributed by atoms with Gasteiger partial charge >= 0.3 is 0 Å². The second-order valence-electron chi connectivity index (χ2n) is 5.81. The van der Waals surface area contributed by atoms with Gasteiger partial charge in [-0.25, -0.2) is 8.42 Å². The van der Waals surface area contributed by atoms with Crippen LogP contribution in [0.25, 0.3) is 0 Å². The summed E-state index contributed by atoms with van der Waals surface area (Å²) in [6.45, 7) is 0.982. The second-order valence-corrected chi connectivity index (χ2v) is 8.12. The highest BCUT2D eigenvalue weighted by atomic mass is 35.5. The lowest BCUT2D eigenvalue weighted by molar-refractivity contribution is 0.102.